The lowest BCUT2D eigenvalue weighted by Gasteiger charge is -2.15. The number of aryl methyl sites for hydroxylation is 1. The Balaban J connectivity index is 2.22. The van der Waals surface area contributed by atoms with Gasteiger partial charge in [-0.2, -0.15) is 0 Å². The molecule has 0 amide bonds. The highest BCUT2D eigenvalue weighted by Crippen LogP contribution is 2.16. The molecule has 0 N–H and O–H groups in total. The van der Waals surface area contributed by atoms with Crippen molar-refractivity contribution in [1.29, 1.82) is 0 Å². The van der Waals surface area contributed by atoms with Gasteiger partial charge in [0.1, 0.15) is 18.5 Å². The summed E-state index contributed by atoms with van der Waals surface area (Å²) in [6.07, 6.45) is 10.3. The van der Waals surface area contributed by atoms with Gasteiger partial charge in [0, 0.05) is 5.57 Å². The van der Waals surface area contributed by atoms with Gasteiger partial charge in [0.05, 0.1) is 0 Å². The molecule has 0 bridgehead atoms. The second-order valence-corrected chi connectivity index (χ2v) is 6.82. The van der Waals surface area contributed by atoms with E-state index >= 15 is 0 Å². The van der Waals surface area contributed by atoms with E-state index in [-0.39, 0.29) is 18.7 Å². The molecule has 3 nitrogen and oxygen atoms in total. The van der Waals surface area contributed by atoms with Crippen molar-refractivity contribution in [3.05, 3.63) is 42.0 Å². The van der Waals surface area contributed by atoms with Crippen LogP contribution in [0.4, 0.5) is 0 Å². The maximum atomic E-state index is 11.4. The van der Waals surface area contributed by atoms with Gasteiger partial charge in [-0.25, -0.2) is 4.79 Å². The first-order chi connectivity index (χ1) is 12.0. The van der Waals surface area contributed by atoms with Crippen LogP contribution in [0.15, 0.2) is 36.4 Å². The molecule has 0 heterocycles. The minimum absolute atomic E-state index is 0.183. The van der Waals surface area contributed by atoms with Crippen molar-refractivity contribution in [3.63, 3.8) is 0 Å². The molecule has 25 heavy (non-hydrogen) atoms. The summed E-state index contributed by atoms with van der Waals surface area (Å²) >= 11 is 0. The molecule has 1 unspecified atom stereocenters. The van der Waals surface area contributed by atoms with Crippen molar-refractivity contribution in [2.75, 3.05) is 6.61 Å². The van der Waals surface area contributed by atoms with Crippen molar-refractivity contribution in [3.8, 4) is 5.75 Å². The predicted octanol–water partition coefficient (Wildman–Crippen LogP) is 5.87. The molecule has 0 fully saturated rings. The first kappa shape index (κ1) is 21.3. The minimum atomic E-state index is -0.375. The summed E-state index contributed by atoms with van der Waals surface area (Å²) in [5, 5.41) is 0. The molecule has 1 aromatic carbocycles. The Hall–Kier alpha value is -1.77. The zero-order valence-corrected chi connectivity index (χ0v) is 16.2. The Morgan fingerprint density at radius 1 is 1.04 bits per heavy atom. The maximum Gasteiger partial charge on any atom is 0.333 e. The molecular weight excluding hydrogens is 312 g/mol. The van der Waals surface area contributed by atoms with Gasteiger partial charge >= 0.3 is 5.97 Å². The second-order valence-electron chi connectivity index (χ2n) is 6.82. The molecular formula is C22H34O3. The Morgan fingerprint density at radius 3 is 2.24 bits per heavy atom. The number of rotatable bonds is 13. The number of esters is 1. The molecule has 0 spiro atoms. The lowest BCUT2D eigenvalue weighted by Crippen LogP contribution is -2.21. The van der Waals surface area contributed by atoms with Crippen LogP contribution in [-0.2, 0) is 16.0 Å². The van der Waals surface area contributed by atoms with Crippen molar-refractivity contribution in [2.24, 2.45) is 0 Å². The van der Waals surface area contributed by atoms with Gasteiger partial charge in [0.25, 0.3) is 0 Å². The maximum absolute atomic E-state index is 11.4. The van der Waals surface area contributed by atoms with E-state index in [0.29, 0.717) is 5.57 Å². The normalized spacial score (nSPS) is 11.8. The van der Waals surface area contributed by atoms with Crippen LogP contribution in [0, 0.1) is 0 Å². The van der Waals surface area contributed by atoms with Gasteiger partial charge in [-0.3, -0.25) is 0 Å². The Labute approximate surface area is 153 Å². The van der Waals surface area contributed by atoms with Gasteiger partial charge < -0.3 is 9.47 Å². The van der Waals surface area contributed by atoms with E-state index in [2.05, 4.69) is 25.6 Å². The fraction of sp³-hybridized carbons (Fsp3) is 0.591. The molecule has 1 atom stereocenters. The predicted molar refractivity (Wildman–Crippen MR) is 104 cm³/mol. The highest BCUT2D eigenvalue weighted by atomic mass is 16.6. The highest BCUT2D eigenvalue weighted by molar-refractivity contribution is 5.86. The standard InChI is InChI=1S/C22H34O3/c1-5-6-7-8-9-10-11-12-20-13-15-21(16-14-20)25-19(4)17-24-22(23)18(2)3/h13-16,19H,2,5-12,17H2,1,3-4H3. The quantitative estimate of drug-likeness (QED) is 0.255. The Kier molecular flexibility index (Phi) is 10.7. The van der Waals surface area contributed by atoms with E-state index in [1.807, 2.05) is 19.1 Å². The van der Waals surface area contributed by atoms with Crippen LogP contribution in [0.3, 0.4) is 0 Å². The summed E-state index contributed by atoms with van der Waals surface area (Å²) in [6, 6.07) is 8.24. The largest absolute Gasteiger partial charge is 0.487 e. The number of carbonyl (C=O) groups excluding carboxylic acids is 1. The van der Waals surface area contributed by atoms with Crippen molar-refractivity contribution < 1.29 is 14.3 Å². The monoisotopic (exact) mass is 346 g/mol. The zero-order chi connectivity index (χ0) is 18.5. The van der Waals surface area contributed by atoms with Crippen LogP contribution >= 0.6 is 0 Å². The molecule has 0 aliphatic heterocycles. The molecule has 1 rings (SSSR count). The average molecular weight is 347 g/mol. The van der Waals surface area contributed by atoms with E-state index < -0.39 is 0 Å². The van der Waals surface area contributed by atoms with Crippen LogP contribution < -0.4 is 4.74 Å². The van der Waals surface area contributed by atoms with Crippen LogP contribution in [0.1, 0.15) is 71.3 Å². The topological polar surface area (TPSA) is 35.5 Å². The van der Waals surface area contributed by atoms with Crippen molar-refractivity contribution in [1.82, 2.24) is 0 Å². The molecule has 0 aliphatic rings. The summed E-state index contributed by atoms with van der Waals surface area (Å²) in [4.78, 5) is 11.4. The molecule has 0 saturated heterocycles. The van der Waals surface area contributed by atoms with Gasteiger partial charge in [-0.15, -0.1) is 0 Å². The van der Waals surface area contributed by atoms with Crippen molar-refractivity contribution >= 4 is 5.97 Å². The number of benzene rings is 1. The number of ether oxygens (including phenoxy) is 2. The molecule has 0 aromatic heterocycles. The van der Waals surface area contributed by atoms with Gasteiger partial charge in [0.15, 0.2) is 0 Å². The molecule has 0 saturated carbocycles. The average Bonchev–Trinajstić information content (AvgIpc) is 2.60. The number of hydrogen-bond acceptors (Lipinski definition) is 3. The SMILES string of the molecule is C=C(C)C(=O)OCC(C)Oc1ccc(CCCCCCCCC)cc1. The van der Waals surface area contributed by atoms with Crippen LogP contribution in [0.25, 0.3) is 0 Å². The minimum Gasteiger partial charge on any atom is -0.487 e. The van der Waals surface area contributed by atoms with Gasteiger partial charge in [-0.05, 0) is 44.4 Å². The lowest BCUT2D eigenvalue weighted by molar-refractivity contribution is -0.141. The van der Waals surface area contributed by atoms with E-state index in [9.17, 15) is 4.79 Å². The molecule has 0 radical (unpaired) electrons. The smallest absolute Gasteiger partial charge is 0.333 e. The molecule has 3 heteroatoms. The fourth-order valence-electron chi connectivity index (χ4n) is 2.60. The lowest BCUT2D eigenvalue weighted by atomic mass is 10.0. The van der Waals surface area contributed by atoms with Gasteiger partial charge in [-0.1, -0.05) is 64.2 Å². The van der Waals surface area contributed by atoms with E-state index in [0.717, 1.165) is 12.2 Å². The Bertz CT molecular complexity index is 505. The first-order valence-electron chi connectivity index (χ1n) is 9.61. The van der Waals surface area contributed by atoms with Crippen LogP contribution in [0.5, 0.6) is 5.75 Å². The van der Waals surface area contributed by atoms with Crippen molar-refractivity contribution in [2.45, 2.75) is 78.2 Å². The highest BCUT2D eigenvalue weighted by Gasteiger charge is 2.09. The first-order valence-corrected chi connectivity index (χ1v) is 9.61. The van der Waals surface area contributed by atoms with Gasteiger partial charge in [0.2, 0.25) is 0 Å². The third-order valence-electron chi connectivity index (χ3n) is 4.13. The number of unbranched alkanes of at least 4 members (excludes halogenated alkanes) is 6. The number of carbonyl (C=O) groups is 1. The second kappa shape index (κ2) is 12.6. The van der Waals surface area contributed by atoms with E-state index in [4.69, 9.17) is 9.47 Å². The Morgan fingerprint density at radius 2 is 1.64 bits per heavy atom. The van der Waals surface area contributed by atoms with Crippen LogP contribution in [-0.4, -0.2) is 18.7 Å². The molecule has 1 aromatic rings. The summed E-state index contributed by atoms with van der Waals surface area (Å²) in [5.74, 6) is 0.433. The third kappa shape index (κ3) is 9.96. The zero-order valence-electron chi connectivity index (χ0n) is 16.2. The third-order valence-corrected chi connectivity index (χ3v) is 4.13. The van der Waals surface area contributed by atoms with Crippen LogP contribution in [0.2, 0.25) is 0 Å². The van der Waals surface area contributed by atoms with E-state index in [1.54, 1.807) is 6.92 Å². The van der Waals surface area contributed by atoms with E-state index in [1.165, 1.54) is 50.5 Å². The fourth-order valence-corrected chi connectivity index (χ4v) is 2.60. The summed E-state index contributed by atoms with van der Waals surface area (Å²) in [7, 11) is 0. The molecule has 140 valence electrons. The summed E-state index contributed by atoms with van der Waals surface area (Å²) < 4.78 is 10.9. The summed E-state index contributed by atoms with van der Waals surface area (Å²) in [5.41, 5.74) is 1.75. The molecule has 0 aliphatic carbocycles. The number of hydrogen-bond donors (Lipinski definition) is 0. The summed E-state index contributed by atoms with van der Waals surface area (Å²) in [6.45, 7) is 9.56.